The smallest absolute Gasteiger partial charge is 0.265 e. The number of aliphatic hydroxyl groups excluding tert-OH is 1. The molecule has 0 saturated carbocycles. The molecule has 0 aliphatic heterocycles. The number of rotatable bonds is 14. The normalized spacial score (nSPS) is 11.4. The maximum Gasteiger partial charge on any atom is 0.265 e. The SMILES string of the molecule is COCCc1nc(OCCO)c(Oc2cccc(OC)c2)c(N(CC(C)C)S(=O)(=O)c2ccccc2)n1. The van der Waals surface area contributed by atoms with Gasteiger partial charge in [0.15, 0.2) is 5.82 Å². The van der Waals surface area contributed by atoms with E-state index in [9.17, 15) is 13.5 Å². The zero-order chi connectivity index (χ0) is 26.8. The first-order valence-electron chi connectivity index (χ1n) is 11.8. The fraction of sp³-hybridized carbons (Fsp3) is 0.385. The van der Waals surface area contributed by atoms with Gasteiger partial charge in [0.25, 0.3) is 15.9 Å². The first-order chi connectivity index (χ1) is 17.8. The fourth-order valence-electron chi connectivity index (χ4n) is 3.40. The van der Waals surface area contributed by atoms with Crippen molar-refractivity contribution in [2.75, 3.05) is 44.9 Å². The van der Waals surface area contributed by atoms with Crippen molar-refractivity contribution in [3.05, 3.63) is 60.4 Å². The molecular formula is C26H33N3O7S. The van der Waals surface area contributed by atoms with Gasteiger partial charge in [0, 0.05) is 26.1 Å². The summed E-state index contributed by atoms with van der Waals surface area (Å²) in [5, 5.41) is 9.41. The third-order valence-electron chi connectivity index (χ3n) is 5.08. The van der Waals surface area contributed by atoms with Crippen molar-refractivity contribution < 1.29 is 32.5 Å². The lowest BCUT2D eigenvalue weighted by Crippen LogP contribution is -2.35. The molecule has 0 amide bonds. The minimum absolute atomic E-state index is 0.00280. The van der Waals surface area contributed by atoms with Crippen LogP contribution in [-0.4, -0.2) is 64.1 Å². The molecule has 1 aromatic heterocycles. The van der Waals surface area contributed by atoms with Gasteiger partial charge in [-0.05, 0) is 30.2 Å². The van der Waals surface area contributed by atoms with Gasteiger partial charge in [0.1, 0.15) is 23.9 Å². The number of benzene rings is 2. The molecule has 0 spiro atoms. The Morgan fingerprint density at radius 3 is 2.35 bits per heavy atom. The van der Waals surface area contributed by atoms with Crippen LogP contribution in [0.15, 0.2) is 59.5 Å². The van der Waals surface area contributed by atoms with Gasteiger partial charge >= 0.3 is 0 Å². The van der Waals surface area contributed by atoms with E-state index in [1.54, 1.807) is 49.6 Å². The Labute approximate surface area is 217 Å². The Balaban J connectivity index is 2.26. The highest BCUT2D eigenvalue weighted by atomic mass is 32.2. The van der Waals surface area contributed by atoms with Crippen LogP contribution in [0.4, 0.5) is 5.82 Å². The second kappa shape index (κ2) is 13.2. The second-order valence-corrected chi connectivity index (χ2v) is 10.3. The molecule has 1 N–H and O–H groups in total. The molecule has 0 fully saturated rings. The zero-order valence-electron chi connectivity index (χ0n) is 21.5. The predicted molar refractivity (Wildman–Crippen MR) is 139 cm³/mol. The van der Waals surface area contributed by atoms with Crippen molar-refractivity contribution in [1.29, 1.82) is 0 Å². The Kier molecular flexibility index (Phi) is 10.1. The van der Waals surface area contributed by atoms with Crippen molar-refractivity contribution in [1.82, 2.24) is 9.97 Å². The van der Waals surface area contributed by atoms with E-state index in [0.29, 0.717) is 30.4 Å². The van der Waals surface area contributed by atoms with Gasteiger partial charge < -0.3 is 24.1 Å². The summed E-state index contributed by atoms with van der Waals surface area (Å²) in [6.07, 6.45) is 0.305. The van der Waals surface area contributed by atoms with Crippen LogP contribution in [0.25, 0.3) is 0 Å². The Morgan fingerprint density at radius 2 is 1.70 bits per heavy atom. The molecular weight excluding hydrogens is 498 g/mol. The third-order valence-corrected chi connectivity index (χ3v) is 6.85. The van der Waals surface area contributed by atoms with E-state index in [2.05, 4.69) is 9.97 Å². The molecule has 11 heteroatoms. The quantitative estimate of drug-likeness (QED) is 0.332. The summed E-state index contributed by atoms with van der Waals surface area (Å²) in [6.45, 7) is 3.89. The lowest BCUT2D eigenvalue weighted by Gasteiger charge is -2.28. The van der Waals surface area contributed by atoms with Gasteiger partial charge in [-0.3, -0.25) is 0 Å². The zero-order valence-corrected chi connectivity index (χ0v) is 22.3. The summed E-state index contributed by atoms with van der Waals surface area (Å²) < 4.78 is 51.4. The highest BCUT2D eigenvalue weighted by Crippen LogP contribution is 2.41. The van der Waals surface area contributed by atoms with Crippen molar-refractivity contribution in [2.45, 2.75) is 25.2 Å². The molecule has 3 aromatic rings. The molecule has 3 rings (SSSR count). The van der Waals surface area contributed by atoms with Crippen molar-refractivity contribution in [2.24, 2.45) is 5.92 Å². The van der Waals surface area contributed by atoms with Gasteiger partial charge in [0.2, 0.25) is 5.75 Å². The first kappa shape index (κ1) is 28.2. The van der Waals surface area contributed by atoms with Crippen LogP contribution in [0, 0.1) is 5.92 Å². The monoisotopic (exact) mass is 531 g/mol. The average molecular weight is 532 g/mol. The highest BCUT2D eigenvalue weighted by Gasteiger charge is 2.32. The van der Waals surface area contributed by atoms with E-state index in [1.807, 2.05) is 13.8 Å². The van der Waals surface area contributed by atoms with Gasteiger partial charge in [-0.1, -0.05) is 38.1 Å². The van der Waals surface area contributed by atoms with Crippen molar-refractivity contribution in [3.63, 3.8) is 0 Å². The average Bonchev–Trinajstić information content (AvgIpc) is 2.90. The summed E-state index contributed by atoms with van der Waals surface area (Å²) in [5.41, 5.74) is 0. The molecule has 0 aliphatic carbocycles. The van der Waals surface area contributed by atoms with Crippen LogP contribution in [0.5, 0.6) is 23.1 Å². The van der Waals surface area contributed by atoms with Crippen LogP contribution in [-0.2, 0) is 21.2 Å². The standard InChI is InChI=1S/C26H33N3O7S/c1-19(2)18-29(37(31,32)22-11-6-5-7-12-22)25-24(36-21-10-8-9-20(17-21)34-4)26(35-16-14-30)28-23(27-25)13-15-33-3/h5-12,17,19,30H,13-16,18H2,1-4H3. The van der Waals surface area contributed by atoms with Crippen LogP contribution in [0.2, 0.25) is 0 Å². The van der Waals surface area contributed by atoms with E-state index >= 15 is 0 Å². The number of aliphatic hydroxyl groups is 1. The number of sulfonamides is 1. The van der Waals surface area contributed by atoms with Crippen LogP contribution >= 0.6 is 0 Å². The molecule has 2 aromatic carbocycles. The van der Waals surface area contributed by atoms with Crippen molar-refractivity contribution in [3.8, 4) is 23.1 Å². The van der Waals surface area contributed by atoms with Crippen molar-refractivity contribution >= 4 is 15.8 Å². The lowest BCUT2D eigenvalue weighted by atomic mass is 10.2. The number of ether oxygens (including phenoxy) is 4. The van der Waals surface area contributed by atoms with E-state index in [0.717, 1.165) is 0 Å². The summed E-state index contributed by atoms with van der Waals surface area (Å²) in [6, 6.07) is 15.0. The number of anilines is 1. The molecule has 10 nitrogen and oxygen atoms in total. The number of aromatic nitrogens is 2. The van der Waals surface area contributed by atoms with E-state index in [-0.39, 0.29) is 48.0 Å². The Hall–Kier alpha value is -3.41. The highest BCUT2D eigenvalue weighted by molar-refractivity contribution is 7.92. The summed E-state index contributed by atoms with van der Waals surface area (Å²) in [5.74, 6) is 1.19. The van der Waals surface area contributed by atoms with E-state index in [4.69, 9.17) is 18.9 Å². The molecule has 0 saturated heterocycles. The molecule has 37 heavy (non-hydrogen) atoms. The number of nitrogens with zero attached hydrogens (tertiary/aromatic N) is 3. The molecule has 0 radical (unpaired) electrons. The lowest BCUT2D eigenvalue weighted by molar-refractivity contribution is 0.189. The van der Waals surface area contributed by atoms with Gasteiger partial charge in [0.05, 0.1) is 25.2 Å². The first-order valence-corrected chi connectivity index (χ1v) is 13.3. The van der Waals surface area contributed by atoms with E-state index < -0.39 is 10.0 Å². The maximum atomic E-state index is 13.9. The topological polar surface area (TPSA) is 120 Å². The minimum Gasteiger partial charge on any atom is -0.497 e. The molecule has 0 bridgehead atoms. The summed E-state index contributed by atoms with van der Waals surface area (Å²) in [4.78, 5) is 9.19. The third kappa shape index (κ3) is 7.31. The predicted octanol–water partition coefficient (Wildman–Crippen LogP) is 3.69. The molecule has 1 heterocycles. The minimum atomic E-state index is -4.05. The molecule has 200 valence electrons. The van der Waals surface area contributed by atoms with Crippen LogP contribution in [0.3, 0.4) is 0 Å². The molecule has 0 unspecified atom stereocenters. The molecule has 0 aliphatic rings. The number of hydrogen-bond donors (Lipinski definition) is 1. The van der Waals surface area contributed by atoms with Gasteiger partial charge in [-0.15, -0.1) is 0 Å². The summed E-state index contributed by atoms with van der Waals surface area (Å²) >= 11 is 0. The van der Waals surface area contributed by atoms with Crippen LogP contribution < -0.4 is 18.5 Å². The number of methoxy groups -OCH3 is 2. The Bertz CT molecular complexity index is 1250. The maximum absolute atomic E-state index is 13.9. The van der Waals surface area contributed by atoms with Gasteiger partial charge in [-0.2, -0.15) is 4.98 Å². The summed E-state index contributed by atoms with van der Waals surface area (Å²) in [7, 11) is -0.966. The Morgan fingerprint density at radius 1 is 0.973 bits per heavy atom. The number of hydrogen-bond acceptors (Lipinski definition) is 9. The van der Waals surface area contributed by atoms with E-state index in [1.165, 1.54) is 23.5 Å². The second-order valence-electron chi connectivity index (χ2n) is 8.44. The largest absolute Gasteiger partial charge is 0.497 e. The molecule has 0 atom stereocenters. The fourth-order valence-corrected chi connectivity index (χ4v) is 5.00. The van der Waals surface area contributed by atoms with Gasteiger partial charge in [-0.25, -0.2) is 17.7 Å². The van der Waals surface area contributed by atoms with Crippen LogP contribution in [0.1, 0.15) is 19.7 Å².